The predicted octanol–water partition coefficient (Wildman–Crippen LogP) is 3.66. The first-order chi connectivity index (χ1) is 11.3. The van der Waals surface area contributed by atoms with Crippen molar-refractivity contribution in [3.8, 4) is 34.0 Å². The topological polar surface area (TPSA) is 70.8 Å². The Bertz CT molecular complexity index is 956. The van der Waals surface area contributed by atoms with Gasteiger partial charge in [0.2, 0.25) is 0 Å². The van der Waals surface area contributed by atoms with Crippen LogP contribution in [-0.4, -0.2) is 15.2 Å². The minimum atomic E-state index is -0.224. The van der Waals surface area contributed by atoms with Gasteiger partial charge in [-0.25, -0.2) is 4.98 Å². The first-order valence-electron chi connectivity index (χ1n) is 7.20. The average molecular weight is 303 g/mol. The van der Waals surface area contributed by atoms with E-state index >= 15 is 0 Å². The maximum atomic E-state index is 11.7. The molecule has 23 heavy (non-hydrogen) atoms. The van der Waals surface area contributed by atoms with Gasteiger partial charge in [0.25, 0.3) is 5.56 Å². The highest BCUT2D eigenvalue weighted by Gasteiger charge is 2.13. The summed E-state index contributed by atoms with van der Waals surface area (Å²) in [7, 11) is 0. The lowest BCUT2D eigenvalue weighted by molar-refractivity contribution is 0.483. The minimum absolute atomic E-state index is 0.224. The third-order valence-corrected chi connectivity index (χ3v) is 3.56. The van der Waals surface area contributed by atoms with Gasteiger partial charge in [-0.15, -0.1) is 0 Å². The molecular weight excluding hydrogens is 290 g/mol. The van der Waals surface area contributed by atoms with Gasteiger partial charge in [0.1, 0.15) is 17.2 Å². The molecule has 2 heterocycles. The van der Waals surface area contributed by atoms with Gasteiger partial charge >= 0.3 is 0 Å². The Labute approximate surface area is 131 Å². The van der Waals surface area contributed by atoms with Crippen LogP contribution >= 0.6 is 0 Å². The maximum absolute atomic E-state index is 11.7. The van der Waals surface area contributed by atoms with Crippen molar-refractivity contribution >= 4 is 0 Å². The molecular formula is C18H13N3O2. The molecule has 112 valence electrons. The van der Waals surface area contributed by atoms with Gasteiger partial charge in [-0.3, -0.25) is 9.89 Å². The van der Waals surface area contributed by atoms with Gasteiger partial charge < -0.3 is 9.84 Å². The quantitative estimate of drug-likeness (QED) is 0.606. The predicted molar refractivity (Wildman–Crippen MR) is 87.8 cm³/mol. The molecule has 0 bridgehead atoms. The molecule has 0 aromatic heterocycles. The highest BCUT2D eigenvalue weighted by molar-refractivity contribution is 5.72. The normalized spacial score (nSPS) is 10.8. The molecule has 0 fully saturated rings. The van der Waals surface area contributed by atoms with Crippen molar-refractivity contribution in [3.05, 3.63) is 77.2 Å². The van der Waals surface area contributed by atoms with Gasteiger partial charge in [0.15, 0.2) is 0 Å². The van der Waals surface area contributed by atoms with Gasteiger partial charge in [-0.1, -0.05) is 18.2 Å². The number of benzene rings is 2. The van der Waals surface area contributed by atoms with Gasteiger partial charge in [-0.05, 0) is 42.5 Å². The van der Waals surface area contributed by atoms with E-state index in [0.717, 1.165) is 28.3 Å². The summed E-state index contributed by atoms with van der Waals surface area (Å²) in [5, 5.41) is 5.22. The Morgan fingerprint density at radius 2 is 1.61 bits per heavy atom. The van der Waals surface area contributed by atoms with E-state index in [1.165, 1.54) is 0 Å². The standard InChI is InChI=1S/C18H13N3O2/c22-18-17-13(11-19-21-18)10-16(20-17)12-6-8-15(9-7-12)23-14-4-2-1-3-5-14/h1-11,19H,(H,21,22). The summed E-state index contributed by atoms with van der Waals surface area (Å²) in [6.07, 6.45) is 1.72. The van der Waals surface area contributed by atoms with Gasteiger partial charge in [0, 0.05) is 17.3 Å². The van der Waals surface area contributed by atoms with E-state index in [4.69, 9.17) is 4.74 Å². The molecule has 5 heteroatoms. The van der Waals surface area contributed by atoms with Crippen molar-refractivity contribution in [3.63, 3.8) is 0 Å². The number of aromatic amines is 2. The first-order valence-corrected chi connectivity index (χ1v) is 7.20. The van der Waals surface area contributed by atoms with Crippen LogP contribution in [0.25, 0.3) is 22.5 Å². The summed E-state index contributed by atoms with van der Waals surface area (Å²) in [4.78, 5) is 16.1. The molecule has 0 radical (unpaired) electrons. The summed E-state index contributed by atoms with van der Waals surface area (Å²) >= 11 is 0. The lowest BCUT2D eigenvalue weighted by atomic mass is 10.1. The van der Waals surface area contributed by atoms with Crippen LogP contribution in [-0.2, 0) is 0 Å². The highest BCUT2D eigenvalue weighted by Crippen LogP contribution is 2.28. The van der Waals surface area contributed by atoms with E-state index in [1.807, 2.05) is 60.7 Å². The van der Waals surface area contributed by atoms with Crippen LogP contribution in [0.2, 0.25) is 0 Å². The van der Waals surface area contributed by atoms with Crippen LogP contribution in [0.1, 0.15) is 0 Å². The molecule has 5 nitrogen and oxygen atoms in total. The Kier molecular flexibility index (Phi) is 3.16. The average Bonchev–Trinajstić information content (AvgIpc) is 3.02. The number of nitrogens with one attached hydrogen (secondary N) is 2. The SMILES string of the molecule is O=c1[nH][nH]cc2cc(-c3ccc(Oc4ccccc4)cc3)nc1-2. The number of aromatic nitrogens is 3. The zero-order valence-corrected chi connectivity index (χ0v) is 12.1. The summed E-state index contributed by atoms with van der Waals surface area (Å²) in [6, 6.07) is 19.1. The summed E-state index contributed by atoms with van der Waals surface area (Å²) in [5.41, 5.74) is 2.69. The van der Waals surface area contributed by atoms with Crippen LogP contribution in [0, 0.1) is 0 Å². The molecule has 2 N–H and O–H groups in total. The van der Waals surface area contributed by atoms with Crippen LogP contribution in [0.4, 0.5) is 0 Å². The molecule has 0 saturated carbocycles. The van der Waals surface area contributed by atoms with Crippen LogP contribution < -0.4 is 10.3 Å². The van der Waals surface area contributed by atoms with Crippen molar-refractivity contribution in [1.82, 2.24) is 15.2 Å². The fourth-order valence-electron chi connectivity index (χ4n) is 2.43. The van der Waals surface area contributed by atoms with E-state index < -0.39 is 0 Å². The Hall–Kier alpha value is -3.34. The lowest BCUT2D eigenvalue weighted by Crippen LogP contribution is -2.10. The molecule has 2 aliphatic heterocycles. The molecule has 4 rings (SSSR count). The number of para-hydroxylation sites is 1. The van der Waals surface area contributed by atoms with E-state index in [1.54, 1.807) is 6.20 Å². The highest BCUT2D eigenvalue weighted by atomic mass is 16.5. The third kappa shape index (κ3) is 2.60. The number of fused-ring (bicyclic) bond motifs is 1. The Balaban J connectivity index is 1.64. The first kappa shape index (κ1) is 13.3. The van der Waals surface area contributed by atoms with E-state index in [9.17, 15) is 4.79 Å². The fraction of sp³-hybridized carbons (Fsp3) is 0. The molecule has 2 aromatic carbocycles. The maximum Gasteiger partial charge on any atom is 0.288 e. The van der Waals surface area contributed by atoms with Crippen molar-refractivity contribution < 1.29 is 4.74 Å². The smallest absolute Gasteiger partial charge is 0.288 e. The second kappa shape index (κ2) is 5.46. The molecule has 0 saturated heterocycles. The van der Waals surface area contributed by atoms with Crippen molar-refractivity contribution in [1.29, 1.82) is 0 Å². The number of hydrogen-bond acceptors (Lipinski definition) is 3. The largest absolute Gasteiger partial charge is 0.457 e. The zero-order valence-electron chi connectivity index (χ0n) is 12.1. The minimum Gasteiger partial charge on any atom is -0.457 e. The van der Waals surface area contributed by atoms with Crippen LogP contribution in [0.5, 0.6) is 11.5 Å². The third-order valence-electron chi connectivity index (χ3n) is 3.56. The lowest BCUT2D eigenvalue weighted by Gasteiger charge is -2.05. The Morgan fingerprint density at radius 1 is 0.870 bits per heavy atom. The second-order valence-electron chi connectivity index (χ2n) is 5.13. The fourth-order valence-corrected chi connectivity index (χ4v) is 2.43. The number of nitrogens with zero attached hydrogens (tertiary/aromatic N) is 1. The Morgan fingerprint density at radius 3 is 2.35 bits per heavy atom. The molecule has 2 aliphatic rings. The van der Waals surface area contributed by atoms with Gasteiger partial charge in [-0.2, -0.15) is 0 Å². The number of H-pyrrole nitrogens is 2. The summed E-state index contributed by atoms with van der Waals surface area (Å²) in [6.45, 7) is 0. The number of hydrogen-bond donors (Lipinski definition) is 2. The van der Waals surface area contributed by atoms with Crippen LogP contribution in [0.15, 0.2) is 71.7 Å². The van der Waals surface area contributed by atoms with E-state index in [-0.39, 0.29) is 5.56 Å². The van der Waals surface area contributed by atoms with Crippen molar-refractivity contribution in [2.75, 3.05) is 0 Å². The molecule has 0 amide bonds. The van der Waals surface area contributed by atoms with E-state index in [0.29, 0.717) is 5.69 Å². The molecule has 0 atom stereocenters. The molecule has 0 aliphatic carbocycles. The van der Waals surface area contributed by atoms with Gasteiger partial charge in [0.05, 0.1) is 5.69 Å². The van der Waals surface area contributed by atoms with Crippen molar-refractivity contribution in [2.45, 2.75) is 0 Å². The van der Waals surface area contributed by atoms with E-state index in [2.05, 4.69) is 15.2 Å². The monoisotopic (exact) mass is 303 g/mol. The second-order valence-corrected chi connectivity index (χ2v) is 5.13. The molecule has 0 unspecified atom stereocenters. The molecule has 2 aromatic rings. The number of ether oxygens (including phenoxy) is 1. The van der Waals surface area contributed by atoms with Crippen molar-refractivity contribution in [2.24, 2.45) is 0 Å². The number of rotatable bonds is 3. The van der Waals surface area contributed by atoms with Crippen LogP contribution in [0.3, 0.4) is 0 Å². The summed E-state index contributed by atoms with van der Waals surface area (Å²) in [5.74, 6) is 1.54. The zero-order chi connectivity index (χ0) is 15.6. The molecule has 0 spiro atoms. The summed E-state index contributed by atoms with van der Waals surface area (Å²) < 4.78 is 5.77.